The molecule has 58 heavy (non-hydrogen) atoms. The van der Waals surface area contributed by atoms with Gasteiger partial charge in [0, 0.05) is 47.5 Å². The third-order valence-corrected chi connectivity index (χ3v) is 12.2. The number of allylic oxidation sites excluding steroid dienone is 4. The van der Waals surface area contributed by atoms with E-state index in [1.54, 1.807) is 55.2 Å². The molecule has 2 heterocycles. The van der Waals surface area contributed by atoms with Gasteiger partial charge in [0.25, 0.3) is 30.4 Å². The molecule has 0 amide bonds. The zero-order chi connectivity index (χ0) is 43.4. The van der Waals surface area contributed by atoms with Crippen LogP contribution in [-0.2, 0) is 50.7 Å². The molecule has 0 unspecified atom stereocenters. The number of anilines is 1. The molecule has 2 aromatic carbocycles. The molecule has 4 N–H and O–H groups in total. The Morgan fingerprint density at radius 3 is 1.97 bits per heavy atom. The molecule has 20 heteroatoms. The molecule has 0 aliphatic carbocycles. The predicted octanol–water partition coefficient (Wildman–Crippen LogP) is 4.56. The van der Waals surface area contributed by atoms with Gasteiger partial charge in [-0.15, -0.1) is 0 Å². The number of ether oxygens (including phenoxy) is 2. The molecule has 0 fully saturated rings. The Kier molecular flexibility index (Phi) is 14.2. The Labute approximate surface area is 338 Å². The highest BCUT2D eigenvalue weighted by Gasteiger charge is 2.48. The Bertz CT molecular complexity index is 2400. The first kappa shape index (κ1) is 46.2. The second-order valence-electron chi connectivity index (χ2n) is 15.0. The van der Waals surface area contributed by atoms with Gasteiger partial charge in [-0.25, -0.2) is 14.4 Å². The van der Waals surface area contributed by atoms with E-state index in [9.17, 15) is 53.8 Å². The Morgan fingerprint density at radius 1 is 0.776 bits per heavy atom. The molecule has 17 nitrogen and oxygen atoms in total. The first-order valence-corrected chi connectivity index (χ1v) is 23.2. The molecule has 0 bridgehead atoms. The molecule has 0 atom stereocenters. The number of hydrogen-bond donors (Lipinski definition) is 4. The van der Waals surface area contributed by atoms with Gasteiger partial charge in [-0.2, -0.15) is 29.8 Å². The smallest absolute Gasteiger partial charge is 0.338 e. The molecular formula is C38H49N2O15S3+. The molecule has 0 saturated heterocycles. The van der Waals surface area contributed by atoms with Crippen molar-refractivity contribution in [1.29, 1.82) is 0 Å². The summed E-state index contributed by atoms with van der Waals surface area (Å²) in [4.78, 5) is 40.8. The third-order valence-electron chi connectivity index (χ3n) is 9.83. The topological polar surface area (TPSA) is 259 Å². The molecule has 2 aliphatic heterocycles. The Hall–Kier alpha value is -4.47. The molecule has 0 radical (unpaired) electrons. The van der Waals surface area contributed by atoms with Crippen molar-refractivity contribution < 1.29 is 72.5 Å². The highest BCUT2D eigenvalue weighted by molar-refractivity contribution is 7.86. The van der Waals surface area contributed by atoms with Crippen molar-refractivity contribution in [2.24, 2.45) is 0 Å². The van der Waals surface area contributed by atoms with Gasteiger partial charge in [-0.05, 0) is 57.4 Å². The summed E-state index contributed by atoms with van der Waals surface area (Å²) in [5, 5.41) is 10.0. The quantitative estimate of drug-likeness (QED) is 0.0653. The van der Waals surface area contributed by atoms with Gasteiger partial charge >= 0.3 is 17.9 Å². The number of carboxylic acids is 1. The summed E-state index contributed by atoms with van der Waals surface area (Å²) in [6.07, 6.45) is 5.41. The van der Waals surface area contributed by atoms with Crippen LogP contribution in [0, 0.1) is 0 Å². The summed E-state index contributed by atoms with van der Waals surface area (Å²) < 4.78 is 110. The number of carboxylic acid groups (broad SMARTS) is 1. The highest BCUT2D eigenvalue weighted by Crippen LogP contribution is 2.50. The lowest BCUT2D eigenvalue weighted by Gasteiger charge is -2.27. The molecule has 0 saturated carbocycles. The lowest BCUT2D eigenvalue weighted by atomic mass is 9.78. The largest absolute Gasteiger partial charge is 0.478 e. The first-order valence-electron chi connectivity index (χ1n) is 18.4. The van der Waals surface area contributed by atoms with E-state index in [0.29, 0.717) is 40.2 Å². The molecule has 2 aliphatic rings. The summed E-state index contributed by atoms with van der Waals surface area (Å²) in [6, 6.07) is 7.58. The Balaban J connectivity index is 1.87. The number of fused-ring (bicyclic) bond motifs is 2. The van der Waals surface area contributed by atoms with Crippen LogP contribution in [0.5, 0.6) is 0 Å². The summed E-state index contributed by atoms with van der Waals surface area (Å²) in [5.74, 6) is -4.71. The van der Waals surface area contributed by atoms with Crippen LogP contribution in [0.1, 0.15) is 103 Å². The van der Waals surface area contributed by atoms with Crippen molar-refractivity contribution >= 4 is 65.3 Å². The number of benzene rings is 2. The SMILES string of the molecule is CCCOC(=O)c1cccc2c1C(C)(C)C(/C=C/C=C1/N(CCCS(=O)(=O)O)c3cc(C(=O)O)cc(C(=O)OCCCS(=O)(=O)O)c3C1(C)C)=[N+]2CCCS(=O)(=O)O. The van der Waals surface area contributed by atoms with Crippen molar-refractivity contribution in [2.45, 2.75) is 71.1 Å². The van der Waals surface area contributed by atoms with Crippen molar-refractivity contribution in [2.75, 3.05) is 48.5 Å². The number of hydrogen-bond acceptors (Lipinski definition) is 12. The van der Waals surface area contributed by atoms with Gasteiger partial charge in [0.05, 0.1) is 58.1 Å². The average Bonchev–Trinajstić information content (AvgIpc) is 3.45. The van der Waals surface area contributed by atoms with E-state index in [1.807, 2.05) is 25.3 Å². The fourth-order valence-corrected chi connectivity index (χ4v) is 8.91. The fraction of sp³-hybridized carbons (Fsp3) is 0.474. The van der Waals surface area contributed by atoms with E-state index in [1.165, 1.54) is 6.07 Å². The summed E-state index contributed by atoms with van der Waals surface area (Å²) in [7, 11) is -13.0. The van der Waals surface area contributed by atoms with Crippen LogP contribution in [0.4, 0.5) is 11.4 Å². The maximum absolute atomic E-state index is 13.5. The summed E-state index contributed by atoms with van der Waals surface area (Å²) >= 11 is 0. The number of carbonyl (C=O) groups is 3. The van der Waals surface area contributed by atoms with Crippen molar-refractivity contribution in [3.63, 3.8) is 0 Å². The molecule has 4 rings (SSSR count). The average molecular weight is 870 g/mol. The second kappa shape index (κ2) is 17.8. The number of carbonyl (C=O) groups excluding carboxylic acids is 2. The zero-order valence-corrected chi connectivity index (χ0v) is 35.2. The number of rotatable bonds is 19. The number of esters is 2. The highest BCUT2D eigenvalue weighted by atomic mass is 32.2. The van der Waals surface area contributed by atoms with Crippen LogP contribution in [0.3, 0.4) is 0 Å². The van der Waals surface area contributed by atoms with Crippen LogP contribution in [0.15, 0.2) is 54.3 Å². The van der Waals surface area contributed by atoms with E-state index >= 15 is 0 Å². The van der Waals surface area contributed by atoms with Gasteiger partial charge in [-0.1, -0.05) is 32.9 Å². The molecule has 318 valence electrons. The van der Waals surface area contributed by atoms with Crippen molar-refractivity contribution in [3.05, 3.63) is 82.1 Å². The number of aromatic carboxylic acids is 1. The molecule has 0 aromatic heterocycles. The first-order chi connectivity index (χ1) is 26.8. The minimum atomic E-state index is -4.40. The summed E-state index contributed by atoms with van der Waals surface area (Å²) in [5.41, 5.74) is 0.863. The standard InChI is InChI=1S/C38H48N2O15S3/c1-6-18-54-35(43)26-12-7-13-28-32(26)37(2,3)30(39(28)16-9-20-56(45,46)47)14-8-15-31-38(4,5)33-27(36(44)55-19-11-22-58(51,52)53)23-25(34(41)42)24-29(33)40(31)17-10-21-57(48,49)50/h7-8,12-15,23-24H,6,9-11,16-22H2,1-5H3,(H3-,41,42,45,46,47,48,49,50,51,52,53)/p+1. The van der Waals surface area contributed by atoms with Crippen LogP contribution in [0.25, 0.3) is 0 Å². The minimum absolute atomic E-state index is 0.0295. The van der Waals surface area contributed by atoms with E-state index in [2.05, 4.69) is 0 Å². The van der Waals surface area contributed by atoms with Gasteiger partial charge in [0.2, 0.25) is 5.69 Å². The van der Waals surface area contributed by atoms with Crippen LogP contribution >= 0.6 is 0 Å². The molecule has 0 spiro atoms. The molecular weight excluding hydrogens is 821 g/mol. The third kappa shape index (κ3) is 11.0. The van der Waals surface area contributed by atoms with Crippen LogP contribution in [0.2, 0.25) is 0 Å². The van der Waals surface area contributed by atoms with Gasteiger partial charge in [0.1, 0.15) is 6.54 Å². The normalized spacial score (nSPS) is 16.8. The zero-order valence-electron chi connectivity index (χ0n) is 32.8. The second-order valence-corrected chi connectivity index (χ2v) is 19.7. The van der Waals surface area contributed by atoms with Crippen LogP contribution in [-0.4, -0.2) is 116 Å². The molecule has 2 aromatic rings. The number of nitrogens with zero attached hydrogens (tertiary/aromatic N) is 2. The van der Waals surface area contributed by atoms with E-state index in [4.69, 9.17) is 14.0 Å². The van der Waals surface area contributed by atoms with E-state index in [0.717, 1.165) is 6.07 Å². The van der Waals surface area contributed by atoms with Crippen molar-refractivity contribution in [3.8, 4) is 0 Å². The predicted molar refractivity (Wildman–Crippen MR) is 214 cm³/mol. The fourth-order valence-electron chi connectivity index (χ4n) is 7.44. The van der Waals surface area contributed by atoms with Gasteiger partial charge in [-0.3, -0.25) is 13.7 Å². The monoisotopic (exact) mass is 869 g/mol. The van der Waals surface area contributed by atoms with Gasteiger partial charge in [0.15, 0.2) is 5.71 Å². The van der Waals surface area contributed by atoms with E-state index in [-0.39, 0.29) is 55.8 Å². The minimum Gasteiger partial charge on any atom is -0.478 e. The van der Waals surface area contributed by atoms with Crippen molar-refractivity contribution in [1.82, 2.24) is 0 Å². The summed E-state index contributed by atoms with van der Waals surface area (Å²) in [6.45, 7) is 9.00. The Morgan fingerprint density at radius 2 is 1.36 bits per heavy atom. The van der Waals surface area contributed by atoms with E-state index < -0.39 is 83.0 Å². The maximum atomic E-state index is 13.5. The van der Waals surface area contributed by atoms with Gasteiger partial charge < -0.3 is 19.5 Å². The van der Waals surface area contributed by atoms with Crippen LogP contribution < -0.4 is 4.90 Å². The maximum Gasteiger partial charge on any atom is 0.338 e. The lowest BCUT2D eigenvalue weighted by Crippen LogP contribution is -2.30. The lowest BCUT2D eigenvalue weighted by molar-refractivity contribution is -0.437.